The summed E-state index contributed by atoms with van der Waals surface area (Å²) in [6, 6.07) is 0. The average molecular weight is 141 g/mol. The van der Waals surface area contributed by atoms with Crippen molar-refractivity contribution in [3.63, 3.8) is 0 Å². The molecule has 0 nitrogen and oxygen atoms in total. The lowest BCUT2D eigenvalue weighted by atomic mass is 10.3. The lowest BCUT2D eigenvalue weighted by Gasteiger charge is -1.87. The van der Waals surface area contributed by atoms with Gasteiger partial charge in [0, 0.05) is 5.88 Å². The summed E-state index contributed by atoms with van der Waals surface area (Å²) in [5, 5.41) is 0. The fourth-order valence-corrected chi connectivity index (χ4v) is 0.531. The zero-order valence-corrected chi connectivity index (χ0v) is 5.99. The van der Waals surface area contributed by atoms with Crippen LogP contribution in [0.25, 0.3) is 0 Å². The molecule has 0 aliphatic carbocycles. The monoisotopic (exact) mass is 140 g/mol. The third-order valence-electron chi connectivity index (χ3n) is 0.832. The van der Waals surface area contributed by atoms with Crippen molar-refractivity contribution in [1.82, 2.24) is 0 Å². The quantitative estimate of drug-likeness (QED) is 0.321. The van der Waals surface area contributed by atoms with E-state index in [1.165, 1.54) is 0 Å². The van der Waals surface area contributed by atoms with Crippen molar-refractivity contribution in [2.45, 2.75) is 0 Å². The number of rotatable bonds is 3. The molecule has 0 bridgehead atoms. The molecule has 0 heterocycles. The van der Waals surface area contributed by atoms with Gasteiger partial charge in [-0.1, -0.05) is 25.3 Å². The molecule has 0 saturated heterocycles. The molecule has 0 radical (unpaired) electrons. The van der Waals surface area contributed by atoms with E-state index in [9.17, 15) is 0 Å². The van der Waals surface area contributed by atoms with Crippen LogP contribution < -0.4 is 0 Å². The maximum absolute atomic E-state index is 5.50. The van der Waals surface area contributed by atoms with Crippen molar-refractivity contribution in [3.05, 3.63) is 42.7 Å². The van der Waals surface area contributed by atoms with Gasteiger partial charge in [-0.05, 0) is 11.6 Å². The van der Waals surface area contributed by atoms with E-state index in [4.69, 9.17) is 11.6 Å². The van der Waals surface area contributed by atoms with E-state index in [1.807, 2.05) is 6.08 Å². The molecule has 0 aliphatic rings. The van der Waals surface area contributed by atoms with Crippen LogP contribution >= 0.6 is 11.6 Å². The summed E-state index contributed by atoms with van der Waals surface area (Å²) >= 11 is 5.50. The van der Waals surface area contributed by atoms with Crippen molar-refractivity contribution < 1.29 is 0 Å². The topological polar surface area (TPSA) is 0 Å². The lowest BCUT2D eigenvalue weighted by molar-refractivity contribution is 1.54. The van der Waals surface area contributed by atoms with Gasteiger partial charge < -0.3 is 0 Å². The Balaban J connectivity index is 4.06. The molecule has 0 fully saturated rings. The van der Waals surface area contributed by atoms with E-state index >= 15 is 0 Å². The molecule has 0 unspecified atom stereocenters. The zero-order valence-electron chi connectivity index (χ0n) is 5.23. The Morgan fingerprint density at radius 1 is 1.67 bits per heavy atom. The van der Waals surface area contributed by atoms with Gasteiger partial charge in [-0.2, -0.15) is 0 Å². The predicted molar refractivity (Wildman–Crippen MR) is 42.7 cm³/mol. The first-order chi connectivity index (χ1) is 4.35. The van der Waals surface area contributed by atoms with Crippen molar-refractivity contribution >= 4 is 11.6 Å². The summed E-state index contributed by atoms with van der Waals surface area (Å²) in [6.07, 6.45) is 5.24. The van der Waals surface area contributed by atoms with Crippen LogP contribution in [0.3, 0.4) is 0 Å². The standard InChI is InChI=1S/C8H9Cl/c1-3-5-6-8(4-2)7-9/h4-6H,1-2,7H2. The normalized spacial score (nSPS) is 10.1. The van der Waals surface area contributed by atoms with E-state index in [1.54, 1.807) is 12.2 Å². The van der Waals surface area contributed by atoms with Gasteiger partial charge in [-0.25, -0.2) is 0 Å². The highest BCUT2D eigenvalue weighted by Crippen LogP contribution is 1.97. The van der Waals surface area contributed by atoms with Crippen LogP contribution in [0.2, 0.25) is 0 Å². The van der Waals surface area contributed by atoms with Gasteiger partial charge in [0.05, 0.1) is 0 Å². The molecule has 0 saturated carbocycles. The molecule has 0 aliphatic heterocycles. The van der Waals surface area contributed by atoms with Gasteiger partial charge in [0.25, 0.3) is 0 Å². The summed E-state index contributed by atoms with van der Waals surface area (Å²) in [5.41, 5.74) is 3.59. The number of hydrogen-bond acceptors (Lipinski definition) is 0. The summed E-state index contributed by atoms with van der Waals surface area (Å²) in [6.45, 7) is 6.96. The number of alkyl halides is 1. The molecule has 48 valence electrons. The van der Waals surface area contributed by atoms with Crippen molar-refractivity contribution in [3.8, 4) is 0 Å². The molecule has 0 aromatic carbocycles. The molecular formula is C8H9Cl. The molecule has 0 N–H and O–H groups in total. The highest BCUT2D eigenvalue weighted by molar-refractivity contribution is 6.19. The van der Waals surface area contributed by atoms with E-state index in [2.05, 4.69) is 18.9 Å². The highest BCUT2D eigenvalue weighted by atomic mass is 35.5. The molecule has 0 amide bonds. The maximum atomic E-state index is 5.50. The van der Waals surface area contributed by atoms with Crippen molar-refractivity contribution in [2.24, 2.45) is 0 Å². The first kappa shape index (κ1) is 8.29. The number of allylic oxidation sites excluding steroid dienone is 4. The minimum atomic E-state index is 0.488. The van der Waals surface area contributed by atoms with Gasteiger partial charge in [0.15, 0.2) is 0 Å². The third kappa shape index (κ3) is 3.84. The van der Waals surface area contributed by atoms with Crippen LogP contribution in [0.1, 0.15) is 0 Å². The second kappa shape index (κ2) is 5.43. The van der Waals surface area contributed by atoms with Crippen LogP contribution in [0.4, 0.5) is 0 Å². The van der Waals surface area contributed by atoms with Gasteiger partial charge in [0.1, 0.15) is 0 Å². The van der Waals surface area contributed by atoms with E-state index in [0.29, 0.717) is 5.88 Å². The van der Waals surface area contributed by atoms with Gasteiger partial charge in [0.2, 0.25) is 0 Å². The second-order valence-corrected chi connectivity index (χ2v) is 1.72. The first-order valence-electron chi connectivity index (χ1n) is 2.58. The largest absolute Gasteiger partial charge is 0.129 e. The zero-order chi connectivity index (χ0) is 7.11. The second-order valence-electron chi connectivity index (χ2n) is 1.45. The van der Waals surface area contributed by atoms with Crippen LogP contribution in [-0.2, 0) is 0 Å². The summed E-state index contributed by atoms with van der Waals surface area (Å²) in [5.74, 6) is 0.488. The van der Waals surface area contributed by atoms with Crippen LogP contribution in [0.15, 0.2) is 42.7 Å². The molecule has 0 spiro atoms. The van der Waals surface area contributed by atoms with Gasteiger partial charge in [-0.3, -0.25) is 0 Å². The Labute approximate surface area is 60.8 Å². The molecule has 0 atom stereocenters. The average Bonchev–Trinajstić information content (AvgIpc) is 1.91. The Bertz CT molecular complexity index is 159. The number of halogens is 1. The fraction of sp³-hybridized carbons (Fsp3) is 0.125. The Kier molecular flexibility index (Phi) is 5.00. The predicted octanol–water partition coefficient (Wildman–Crippen LogP) is 2.68. The summed E-state index contributed by atoms with van der Waals surface area (Å²) in [4.78, 5) is 0. The maximum Gasteiger partial charge on any atom is 0.0474 e. The van der Waals surface area contributed by atoms with E-state index < -0.39 is 0 Å². The first-order valence-corrected chi connectivity index (χ1v) is 3.12. The van der Waals surface area contributed by atoms with Gasteiger partial charge >= 0.3 is 0 Å². The minimum absolute atomic E-state index is 0.488. The lowest BCUT2D eigenvalue weighted by Crippen LogP contribution is -1.74. The summed E-state index contributed by atoms with van der Waals surface area (Å²) < 4.78 is 0. The van der Waals surface area contributed by atoms with Crippen LogP contribution in [0.5, 0.6) is 0 Å². The molecule has 1 heteroatoms. The minimum Gasteiger partial charge on any atom is -0.129 e. The SMILES string of the molecule is C=C=CC=C(C=C)CCl. The molecule has 9 heavy (non-hydrogen) atoms. The highest BCUT2D eigenvalue weighted by Gasteiger charge is 1.81. The Morgan fingerprint density at radius 2 is 2.33 bits per heavy atom. The van der Waals surface area contributed by atoms with Crippen LogP contribution in [-0.4, -0.2) is 5.88 Å². The summed E-state index contributed by atoms with van der Waals surface area (Å²) in [7, 11) is 0. The van der Waals surface area contributed by atoms with Crippen molar-refractivity contribution in [1.29, 1.82) is 0 Å². The molecule has 0 aromatic rings. The van der Waals surface area contributed by atoms with Crippen LogP contribution in [0, 0.1) is 0 Å². The van der Waals surface area contributed by atoms with Gasteiger partial charge in [-0.15, -0.1) is 17.3 Å². The molecule has 0 rings (SSSR count). The number of hydrogen-bond donors (Lipinski definition) is 0. The Morgan fingerprint density at radius 3 is 2.67 bits per heavy atom. The third-order valence-corrected chi connectivity index (χ3v) is 1.14. The van der Waals surface area contributed by atoms with E-state index in [-0.39, 0.29) is 0 Å². The van der Waals surface area contributed by atoms with E-state index in [0.717, 1.165) is 5.57 Å². The Hall–Kier alpha value is -0.710. The molecule has 0 aromatic heterocycles. The van der Waals surface area contributed by atoms with Crippen molar-refractivity contribution in [2.75, 3.05) is 5.88 Å². The fourth-order valence-electron chi connectivity index (χ4n) is 0.333. The smallest absolute Gasteiger partial charge is 0.0474 e. The molecular weight excluding hydrogens is 132 g/mol.